The zero-order valence-corrected chi connectivity index (χ0v) is 9.42. The molecular formula is C9H17NO4S. The van der Waals surface area contributed by atoms with Crippen LogP contribution in [0.3, 0.4) is 0 Å². The van der Waals surface area contributed by atoms with Crippen LogP contribution in [0.4, 0.5) is 0 Å². The maximum absolute atomic E-state index is 11.4. The Labute approximate surface area is 89.5 Å². The fraction of sp³-hybridized carbons (Fsp3) is 1.00. The molecule has 2 heterocycles. The molecule has 0 amide bonds. The van der Waals surface area contributed by atoms with Crippen molar-refractivity contribution in [1.29, 1.82) is 0 Å². The van der Waals surface area contributed by atoms with Crippen LogP contribution in [0.2, 0.25) is 0 Å². The second-order valence-corrected chi connectivity index (χ2v) is 6.84. The molecule has 0 spiro atoms. The standard InChI is InChI=1S/C9H17NO4S/c10-5-8(1-3-14-6-8)9(11)2-4-15(12,13)7-9/h11H,1-7,10H2. The first kappa shape index (κ1) is 11.3. The van der Waals surface area contributed by atoms with E-state index in [1.807, 2.05) is 0 Å². The van der Waals surface area contributed by atoms with E-state index >= 15 is 0 Å². The first-order valence-electron chi connectivity index (χ1n) is 5.14. The molecule has 2 saturated heterocycles. The monoisotopic (exact) mass is 235 g/mol. The van der Waals surface area contributed by atoms with Crippen molar-refractivity contribution in [2.75, 3.05) is 31.3 Å². The number of rotatable bonds is 2. The molecule has 0 aromatic rings. The molecule has 2 fully saturated rings. The Bertz CT molecular complexity index is 347. The molecular weight excluding hydrogens is 218 g/mol. The van der Waals surface area contributed by atoms with Crippen LogP contribution in [0.25, 0.3) is 0 Å². The predicted molar refractivity (Wildman–Crippen MR) is 55.1 cm³/mol. The Morgan fingerprint density at radius 3 is 2.53 bits per heavy atom. The summed E-state index contributed by atoms with van der Waals surface area (Å²) in [5.41, 5.74) is 3.95. The minimum absolute atomic E-state index is 0.0608. The van der Waals surface area contributed by atoms with Crippen LogP contribution in [-0.4, -0.2) is 50.4 Å². The first-order valence-corrected chi connectivity index (χ1v) is 6.96. The summed E-state index contributed by atoms with van der Waals surface area (Å²) >= 11 is 0. The van der Waals surface area contributed by atoms with E-state index in [-0.39, 0.29) is 24.5 Å². The van der Waals surface area contributed by atoms with E-state index in [1.165, 1.54) is 0 Å². The highest BCUT2D eigenvalue weighted by molar-refractivity contribution is 7.91. The van der Waals surface area contributed by atoms with Gasteiger partial charge in [-0.15, -0.1) is 0 Å². The zero-order chi connectivity index (χ0) is 11.2. The molecule has 15 heavy (non-hydrogen) atoms. The van der Waals surface area contributed by atoms with Crippen LogP contribution in [0.5, 0.6) is 0 Å². The number of nitrogens with two attached hydrogens (primary N) is 1. The van der Waals surface area contributed by atoms with Crippen LogP contribution in [0, 0.1) is 5.41 Å². The lowest BCUT2D eigenvalue weighted by atomic mass is 9.71. The van der Waals surface area contributed by atoms with Gasteiger partial charge in [0.15, 0.2) is 9.84 Å². The number of hydrogen-bond donors (Lipinski definition) is 2. The van der Waals surface area contributed by atoms with Crippen molar-refractivity contribution in [2.24, 2.45) is 11.1 Å². The predicted octanol–water partition coefficient (Wildman–Crippen LogP) is -1.10. The van der Waals surface area contributed by atoms with E-state index in [0.717, 1.165) is 0 Å². The fourth-order valence-corrected chi connectivity index (χ4v) is 4.55. The van der Waals surface area contributed by atoms with E-state index in [9.17, 15) is 13.5 Å². The second kappa shape index (κ2) is 3.41. The SMILES string of the molecule is NCC1(C2(O)CCS(=O)(=O)C2)CCOC1. The maximum atomic E-state index is 11.4. The summed E-state index contributed by atoms with van der Waals surface area (Å²) in [7, 11) is -3.10. The number of ether oxygens (including phenoxy) is 1. The number of hydrogen-bond acceptors (Lipinski definition) is 5. The average Bonchev–Trinajstić information content (AvgIpc) is 2.72. The molecule has 2 rings (SSSR count). The Kier molecular flexibility index (Phi) is 2.57. The lowest BCUT2D eigenvalue weighted by Gasteiger charge is -2.39. The number of aliphatic hydroxyl groups is 1. The van der Waals surface area contributed by atoms with Gasteiger partial charge < -0.3 is 15.6 Å². The van der Waals surface area contributed by atoms with Gasteiger partial charge in [-0.05, 0) is 12.8 Å². The Morgan fingerprint density at radius 1 is 1.40 bits per heavy atom. The van der Waals surface area contributed by atoms with Crippen molar-refractivity contribution >= 4 is 9.84 Å². The van der Waals surface area contributed by atoms with Crippen LogP contribution in [0.1, 0.15) is 12.8 Å². The molecule has 0 aromatic heterocycles. The summed E-state index contributed by atoms with van der Waals surface area (Å²) in [5.74, 6) is -0.105. The topological polar surface area (TPSA) is 89.6 Å². The van der Waals surface area contributed by atoms with Gasteiger partial charge in [-0.3, -0.25) is 0 Å². The summed E-state index contributed by atoms with van der Waals surface area (Å²) in [6, 6.07) is 0. The summed E-state index contributed by atoms with van der Waals surface area (Å²) < 4.78 is 28.1. The van der Waals surface area contributed by atoms with E-state index in [4.69, 9.17) is 10.5 Å². The molecule has 88 valence electrons. The third-order valence-corrected chi connectivity index (χ3v) is 5.51. The Balaban J connectivity index is 2.29. The van der Waals surface area contributed by atoms with Crippen LogP contribution in [0.15, 0.2) is 0 Å². The molecule has 2 aliphatic rings. The molecule has 0 radical (unpaired) electrons. The lowest BCUT2D eigenvalue weighted by Crippen LogP contribution is -2.54. The van der Waals surface area contributed by atoms with Gasteiger partial charge in [0.1, 0.15) is 0 Å². The highest BCUT2D eigenvalue weighted by Crippen LogP contribution is 2.44. The summed E-state index contributed by atoms with van der Waals surface area (Å²) in [5, 5.41) is 10.4. The van der Waals surface area contributed by atoms with Gasteiger partial charge in [0.05, 0.1) is 23.7 Å². The van der Waals surface area contributed by atoms with Crippen LogP contribution in [-0.2, 0) is 14.6 Å². The second-order valence-electron chi connectivity index (χ2n) is 4.66. The van der Waals surface area contributed by atoms with Crippen molar-refractivity contribution in [1.82, 2.24) is 0 Å². The molecule has 2 atom stereocenters. The van der Waals surface area contributed by atoms with Gasteiger partial charge in [0, 0.05) is 18.6 Å². The Hall–Kier alpha value is -0.170. The number of sulfone groups is 1. The van der Waals surface area contributed by atoms with Crippen molar-refractivity contribution in [3.05, 3.63) is 0 Å². The minimum Gasteiger partial charge on any atom is -0.388 e. The van der Waals surface area contributed by atoms with Crippen molar-refractivity contribution in [3.63, 3.8) is 0 Å². The third-order valence-electron chi connectivity index (χ3n) is 3.77. The van der Waals surface area contributed by atoms with E-state index in [2.05, 4.69) is 0 Å². The van der Waals surface area contributed by atoms with Gasteiger partial charge in [0.2, 0.25) is 0 Å². The van der Waals surface area contributed by atoms with Crippen LogP contribution < -0.4 is 5.73 Å². The van der Waals surface area contributed by atoms with Gasteiger partial charge >= 0.3 is 0 Å². The average molecular weight is 235 g/mol. The quantitative estimate of drug-likeness (QED) is 0.634. The molecule has 6 heteroatoms. The highest BCUT2D eigenvalue weighted by Gasteiger charge is 2.56. The smallest absolute Gasteiger partial charge is 0.153 e. The Morgan fingerprint density at radius 2 is 2.13 bits per heavy atom. The summed E-state index contributed by atoms with van der Waals surface area (Å²) in [4.78, 5) is 0. The minimum atomic E-state index is -3.10. The fourth-order valence-electron chi connectivity index (χ4n) is 2.58. The summed E-state index contributed by atoms with van der Waals surface area (Å²) in [6.07, 6.45) is 0.936. The largest absolute Gasteiger partial charge is 0.388 e. The van der Waals surface area contributed by atoms with Gasteiger partial charge in [-0.2, -0.15) is 0 Å². The molecule has 2 unspecified atom stereocenters. The normalized spacial score (nSPS) is 44.7. The van der Waals surface area contributed by atoms with E-state index in [0.29, 0.717) is 19.6 Å². The molecule has 0 bridgehead atoms. The molecule has 0 saturated carbocycles. The first-order chi connectivity index (χ1) is 6.93. The van der Waals surface area contributed by atoms with Gasteiger partial charge in [0.25, 0.3) is 0 Å². The van der Waals surface area contributed by atoms with Gasteiger partial charge in [-0.1, -0.05) is 0 Å². The van der Waals surface area contributed by atoms with E-state index in [1.54, 1.807) is 0 Å². The molecule has 3 N–H and O–H groups in total. The third kappa shape index (κ3) is 1.69. The lowest BCUT2D eigenvalue weighted by molar-refractivity contribution is -0.0623. The highest BCUT2D eigenvalue weighted by atomic mass is 32.2. The van der Waals surface area contributed by atoms with Crippen molar-refractivity contribution in [2.45, 2.75) is 18.4 Å². The van der Waals surface area contributed by atoms with Crippen molar-refractivity contribution < 1.29 is 18.3 Å². The van der Waals surface area contributed by atoms with E-state index < -0.39 is 20.9 Å². The summed E-state index contributed by atoms with van der Waals surface area (Å²) in [6.45, 7) is 1.20. The van der Waals surface area contributed by atoms with Crippen molar-refractivity contribution in [3.8, 4) is 0 Å². The molecule has 5 nitrogen and oxygen atoms in total. The van der Waals surface area contributed by atoms with Gasteiger partial charge in [-0.25, -0.2) is 8.42 Å². The maximum Gasteiger partial charge on any atom is 0.153 e. The van der Waals surface area contributed by atoms with Crippen LogP contribution >= 0.6 is 0 Å². The molecule has 0 aromatic carbocycles. The zero-order valence-electron chi connectivity index (χ0n) is 8.61. The molecule has 2 aliphatic heterocycles. The molecule has 0 aliphatic carbocycles.